The van der Waals surface area contributed by atoms with E-state index in [1.807, 2.05) is 13.8 Å². The Kier molecular flexibility index (Phi) is 23.1. The average Bonchev–Trinajstić information content (AvgIpc) is 1.62. The topological polar surface area (TPSA) is 29.5 Å². The van der Waals surface area contributed by atoms with E-state index in [0.717, 1.165) is 12.0 Å². The molecule has 11 heavy (non-hydrogen) atoms. The molecule has 0 heterocycles. The molecule has 0 spiro atoms. The minimum absolute atomic E-state index is 0. The van der Waals surface area contributed by atoms with Crippen molar-refractivity contribution in [1.82, 2.24) is 0 Å². The second-order valence-corrected chi connectivity index (χ2v) is 3.90. The summed E-state index contributed by atoms with van der Waals surface area (Å²) in [5, 5.41) is 8.04. The Morgan fingerprint density at radius 1 is 1.27 bits per heavy atom. The second-order valence-electron chi connectivity index (χ2n) is 2.61. The van der Waals surface area contributed by atoms with Crippen molar-refractivity contribution in [3.8, 4) is 0 Å². The van der Waals surface area contributed by atoms with Crippen LogP contribution in [0.2, 0.25) is 0 Å². The Morgan fingerprint density at radius 2 is 1.55 bits per heavy atom. The van der Waals surface area contributed by atoms with E-state index in [1.54, 1.807) is 0 Å². The molecule has 67 valence electrons. The summed E-state index contributed by atoms with van der Waals surface area (Å²) in [5.41, 5.74) is 0. The van der Waals surface area contributed by atoms with E-state index >= 15 is 0 Å². The van der Waals surface area contributed by atoms with Crippen LogP contribution in [0.15, 0.2) is 0 Å². The van der Waals surface area contributed by atoms with Crippen LogP contribution in [0, 0.1) is 12.8 Å². The Hall–Kier alpha value is 1.37. The van der Waals surface area contributed by atoms with Crippen molar-refractivity contribution in [2.45, 2.75) is 32.9 Å². The van der Waals surface area contributed by atoms with Crippen LogP contribution >= 0.6 is 12.0 Å². The summed E-state index contributed by atoms with van der Waals surface area (Å²) in [7, 11) is 0. The fraction of sp³-hybridized carbons (Fsp3) is 0.857. The van der Waals surface area contributed by atoms with Crippen LogP contribution in [0.3, 0.4) is 0 Å². The molecule has 0 aromatic heterocycles. The zero-order valence-corrected chi connectivity index (χ0v) is 11.4. The molecule has 0 aliphatic heterocycles. The van der Waals surface area contributed by atoms with Gasteiger partial charge in [-0.3, -0.25) is 0 Å². The zero-order chi connectivity index (χ0) is 8.57. The van der Waals surface area contributed by atoms with Crippen molar-refractivity contribution in [3.05, 3.63) is 6.92 Å². The SMILES string of the molecule is CC(C)SOO.[CH2-]C(C)C.[Y]. The first-order valence-corrected chi connectivity index (χ1v) is 4.11. The van der Waals surface area contributed by atoms with Gasteiger partial charge in [-0.2, -0.15) is 10.3 Å². The van der Waals surface area contributed by atoms with Crippen LogP contribution in [-0.4, -0.2) is 10.5 Å². The Morgan fingerprint density at radius 3 is 1.55 bits per heavy atom. The molecule has 0 bridgehead atoms. The fourth-order valence-electron chi connectivity index (χ4n) is 0.0861. The van der Waals surface area contributed by atoms with Gasteiger partial charge in [-0.05, 0) is 0 Å². The first kappa shape index (κ1) is 18.2. The van der Waals surface area contributed by atoms with Crippen LogP contribution in [-0.2, 0) is 37.0 Å². The molecule has 0 rings (SSSR count). The van der Waals surface area contributed by atoms with Crippen molar-refractivity contribution in [1.29, 1.82) is 0 Å². The summed E-state index contributed by atoms with van der Waals surface area (Å²) < 4.78 is 3.72. The maximum atomic E-state index is 7.70. The van der Waals surface area contributed by atoms with E-state index in [9.17, 15) is 0 Å². The third-order valence-corrected chi connectivity index (χ3v) is 0.706. The summed E-state index contributed by atoms with van der Waals surface area (Å²) >= 11 is 1.04. The smallest absolute Gasteiger partial charge is 0.0340 e. The van der Waals surface area contributed by atoms with Gasteiger partial charge in [0.05, 0.1) is 0 Å². The van der Waals surface area contributed by atoms with E-state index in [2.05, 4.69) is 25.1 Å². The van der Waals surface area contributed by atoms with Gasteiger partial charge in [-0.15, -0.1) is 0 Å². The quantitative estimate of drug-likeness (QED) is 0.355. The first-order chi connectivity index (χ1) is 4.50. The van der Waals surface area contributed by atoms with Crippen LogP contribution in [0.25, 0.3) is 0 Å². The van der Waals surface area contributed by atoms with Crippen LogP contribution in [0.5, 0.6) is 0 Å². The predicted octanol–water partition coefficient (Wildman–Crippen LogP) is 3.01. The Bertz CT molecular complexity index is 57.6. The standard InChI is InChI=1S/C4H9.C3H8O2S.Y/c1-4(2)3;1-3(2)6-5-4;/h4H,1H2,2-3H3;3-4H,1-2H3;/q-1;;. The molecular weight excluding hydrogens is 237 g/mol. The Labute approximate surface area is 99.5 Å². The van der Waals surface area contributed by atoms with E-state index in [4.69, 9.17) is 5.26 Å². The molecule has 0 aliphatic rings. The van der Waals surface area contributed by atoms with Gasteiger partial charge in [0.2, 0.25) is 0 Å². The minimum atomic E-state index is 0. The second kappa shape index (κ2) is 13.9. The average molecular weight is 254 g/mol. The summed E-state index contributed by atoms with van der Waals surface area (Å²) in [6.07, 6.45) is 0. The van der Waals surface area contributed by atoms with Gasteiger partial charge in [-0.25, -0.2) is 5.26 Å². The van der Waals surface area contributed by atoms with Crippen LogP contribution in [0.1, 0.15) is 27.7 Å². The van der Waals surface area contributed by atoms with Crippen LogP contribution < -0.4 is 0 Å². The van der Waals surface area contributed by atoms with E-state index in [1.165, 1.54) is 0 Å². The molecule has 0 saturated carbocycles. The third kappa shape index (κ3) is 52.2. The van der Waals surface area contributed by atoms with E-state index < -0.39 is 0 Å². The van der Waals surface area contributed by atoms with E-state index in [0.29, 0.717) is 11.2 Å². The monoisotopic (exact) mass is 254 g/mol. The summed E-state index contributed by atoms with van der Waals surface area (Å²) in [6, 6.07) is 0. The zero-order valence-electron chi connectivity index (χ0n) is 7.70. The third-order valence-electron chi connectivity index (χ3n) is 0.235. The molecule has 4 heteroatoms. The van der Waals surface area contributed by atoms with Crippen LogP contribution in [0.4, 0.5) is 0 Å². The first-order valence-electron chi connectivity index (χ1n) is 3.30. The molecule has 2 nitrogen and oxygen atoms in total. The fourth-order valence-corrected chi connectivity index (χ4v) is 0.258. The molecule has 1 N–H and O–H groups in total. The summed E-state index contributed by atoms with van der Waals surface area (Å²) in [4.78, 5) is 0. The molecule has 0 atom stereocenters. The van der Waals surface area contributed by atoms with Crippen molar-refractivity contribution in [3.63, 3.8) is 0 Å². The largest absolute Gasteiger partial charge is 0.341 e. The van der Waals surface area contributed by atoms with Crippen molar-refractivity contribution in [2.24, 2.45) is 5.92 Å². The van der Waals surface area contributed by atoms with Crippen molar-refractivity contribution < 1.29 is 42.3 Å². The maximum absolute atomic E-state index is 7.70. The van der Waals surface area contributed by atoms with Gasteiger partial charge in [0.1, 0.15) is 0 Å². The molecule has 0 saturated heterocycles. The maximum Gasteiger partial charge on any atom is 0.0340 e. The number of hydrogen-bond donors (Lipinski definition) is 1. The van der Waals surface area contributed by atoms with E-state index in [-0.39, 0.29) is 32.7 Å². The number of rotatable bonds is 2. The molecule has 0 unspecified atom stereocenters. The predicted molar refractivity (Wildman–Crippen MR) is 46.6 cm³/mol. The van der Waals surface area contributed by atoms with Gasteiger partial charge in [0.25, 0.3) is 0 Å². The molecule has 0 amide bonds. The number of hydrogen-bond acceptors (Lipinski definition) is 3. The van der Waals surface area contributed by atoms with Gasteiger partial charge >= 0.3 is 0 Å². The minimum Gasteiger partial charge on any atom is -0.341 e. The normalized spacial score (nSPS) is 8.73. The molecular formula is C7H17O2SY-. The van der Waals surface area contributed by atoms with Gasteiger partial charge < -0.3 is 6.92 Å². The van der Waals surface area contributed by atoms with Gasteiger partial charge in [-0.1, -0.05) is 27.7 Å². The molecule has 0 fully saturated rings. The van der Waals surface area contributed by atoms with Gasteiger partial charge in [0.15, 0.2) is 0 Å². The summed E-state index contributed by atoms with van der Waals surface area (Å²) in [5.74, 6) is 0.583. The van der Waals surface area contributed by atoms with Gasteiger partial charge in [0, 0.05) is 50.0 Å². The molecule has 0 aromatic carbocycles. The Balaban J connectivity index is -0.000000114. The van der Waals surface area contributed by atoms with Crippen molar-refractivity contribution >= 4 is 12.0 Å². The molecule has 1 radical (unpaired) electrons. The summed E-state index contributed by atoms with van der Waals surface area (Å²) in [6.45, 7) is 11.6. The molecule has 0 aromatic rings. The molecule has 0 aliphatic carbocycles. The van der Waals surface area contributed by atoms with Crippen molar-refractivity contribution in [2.75, 3.05) is 0 Å².